The van der Waals surface area contributed by atoms with Crippen LogP contribution in [0.15, 0.2) is 91.1 Å². The Balaban J connectivity index is 1.60. The van der Waals surface area contributed by atoms with Gasteiger partial charge >= 0.3 is 0 Å². The number of aromatic hydroxyl groups is 1. The van der Waals surface area contributed by atoms with E-state index in [1.165, 1.54) is 0 Å². The minimum Gasteiger partial charge on any atom is -0.493 e. The smallest absolute Gasteiger partial charge is 0.219 e. The fourth-order valence-electron chi connectivity index (χ4n) is 4.11. The Hall–Kier alpha value is -3.96. The molecule has 33 heavy (non-hydrogen) atoms. The SMILES string of the molecule is COCc1cccc(Cc2nc3c(Cc4ccccc4)nc(-c4ccccc4)cn3c2O)c1. The summed E-state index contributed by atoms with van der Waals surface area (Å²) < 4.78 is 7.02. The Morgan fingerprint density at radius 3 is 2.18 bits per heavy atom. The van der Waals surface area contributed by atoms with Crippen LogP contribution in [0.25, 0.3) is 16.9 Å². The number of benzene rings is 3. The molecule has 1 N–H and O–H groups in total. The lowest BCUT2D eigenvalue weighted by atomic mass is 10.1. The highest BCUT2D eigenvalue weighted by molar-refractivity contribution is 5.63. The summed E-state index contributed by atoms with van der Waals surface area (Å²) in [7, 11) is 1.69. The monoisotopic (exact) mass is 435 g/mol. The zero-order valence-corrected chi connectivity index (χ0v) is 18.5. The minimum atomic E-state index is 0.149. The fraction of sp³-hybridized carbons (Fsp3) is 0.143. The van der Waals surface area contributed by atoms with Gasteiger partial charge in [-0.3, -0.25) is 4.40 Å². The third kappa shape index (κ3) is 4.49. The van der Waals surface area contributed by atoms with E-state index >= 15 is 0 Å². The standard InChI is InChI=1S/C28H25N3O2/c1-33-19-22-12-8-11-21(15-22)17-25-28(32)31-18-26(23-13-6-3-7-14-23)29-24(27(31)30-25)16-20-9-4-2-5-10-20/h2-15,18,32H,16-17,19H2,1H3. The number of rotatable bonds is 7. The van der Waals surface area contributed by atoms with E-state index < -0.39 is 0 Å². The lowest BCUT2D eigenvalue weighted by Crippen LogP contribution is -2.00. The van der Waals surface area contributed by atoms with Gasteiger partial charge in [0.25, 0.3) is 0 Å². The summed E-state index contributed by atoms with van der Waals surface area (Å²) in [5.41, 5.74) is 7.25. The molecular weight excluding hydrogens is 410 g/mol. The fourth-order valence-corrected chi connectivity index (χ4v) is 4.11. The molecule has 0 aliphatic rings. The molecule has 0 saturated carbocycles. The highest BCUT2D eigenvalue weighted by Crippen LogP contribution is 2.28. The van der Waals surface area contributed by atoms with E-state index in [1.807, 2.05) is 72.9 Å². The summed E-state index contributed by atoms with van der Waals surface area (Å²) in [5, 5.41) is 11.1. The molecule has 5 aromatic rings. The molecule has 0 unspecified atom stereocenters. The molecule has 5 nitrogen and oxygen atoms in total. The molecule has 164 valence electrons. The van der Waals surface area contributed by atoms with Gasteiger partial charge in [-0.2, -0.15) is 0 Å². The van der Waals surface area contributed by atoms with E-state index in [9.17, 15) is 5.11 Å². The van der Waals surface area contributed by atoms with Crippen LogP contribution < -0.4 is 0 Å². The molecule has 2 heterocycles. The Kier molecular flexibility index (Phi) is 5.87. The second kappa shape index (κ2) is 9.27. The van der Waals surface area contributed by atoms with Crippen molar-refractivity contribution in [2.75, 3.05) is 7.11 Å². The molecule has 0 amide bonds. The first kappa shape index (κ1) is 20.9. The molecule has 0 aliphatic carbocycles. The van der Waals surface area contributed by atoms with Gasteiger partial charge in [-0.15, -0.1) is 0 Å². The Bertz CT molecular complexity index is 1380. The van der Waals surface area contributed by atoms with Crippen molar-refractivity contribution >= 4 is 5.65 Å². The zero-order valence-electron chi connectivity index (χ0n) is 18.5. The molecule has 3 aromatic carbocycles. The third-order valence-electron chi connectivity index (χ3n) is 5.68. The molecule has 0 fully saturated rings. The quantitative estimate of drug-likeness (QED) is 0.370. The summed E-state index contributed by atoms with van der Waals surface area (Å²) >= 11 is 0. The van der Waals surface area contributed by atoms with Gasteiger partial charge in [0.2, 0.25) is 5.88 Å². The average Bonchev–Trinajstić information content (AvgIpc) is 3.16. The molecular formula is C28H25N3O2. The number of hydrogen-bond donors (Lipinski definition) is 1. The van der Waals surface area contributed by atoms with Crippen LogP contribution in [-0.2, 0) is 24.2 Å². The highest BCUT2D eigenvalue weighted by atomic mass is 16.5. The summed E-state index contributed by atoms with van der Waals surface area (Å²) in [6.45, 7) is 0.552. The van der Waals surface area contributed by atoms with E-state index in [0.29, 0.717) is 30.8 Å². The number of fused-ring (bicyclic) bond motifs is 1. The van der Waals surface area contributed by atoms with Crippen molar-refractivity contribution in [2.45, 2.75) is 19.4 Å². The first-order valence-corrected chi connectivity index (χ1v) is 11.0. The van der Waals surface area contributed by atoms with E-state index in [2.05, 4.69) is 18.2 Å². The molecule has 0 aliphatic heterocycles. The van der Waals surface area contributed by atoms with E-state index in [4.69, 9.17) is 14.7 Å². The molecule has 2 aromatic heterocycles. The summed E-state index contributed by atoms with van der Waals surface area (Å²) in [6, 6.07) is 28.4. The predicted molar refractivity (Wildman–Crippen MR) is 129 cm³/mol. The second-order valence-electron chi connectivity index (χ2n) is 8.11. The van der Waals surface area contributed by atoms with Gasteiger partial charge in [0.05, 0.1) is 18.0 Å². The molecule has 5 rings (SSSR count). The number of ether oxygens (including phenoxy) is 1. The predicted octanol–water partition coefficient (Wildman–Crippen LogP) is 5.43. The summed E-state index contributed by atoms with van der Waals surface area (Å²) in [5.74, 6) is 0.149. The topological polar surface area (TPSA) is 59.7 Å². The van der Waals surface area contributed by atoms with Crippen LogP contribution in [0, 0.1) is 0 Å². The Morgan fingerprint density at radius 1 is 0.758 bits per heavy atom. The van der Waals surface area contributed by atoms with Crippen LogP contribution in [0.2, 0.25) is 0 Å². The largest absolute Gasteiger partial charge is 0.493 e. The molecule has 0 saturated heterocycles. The first-order valence-electron chi connectivity index (χ1n) is 11.0. The maximum atomic E-state index is 11.1. The van der Waals surface area contributed by atoms with E-state index in [1.54, 1.807) is 11.5 Å². The van der Waals surface area contributed by atoms with Gasteiger partial charge in [-0.05, 0) is 16.7 Å². The molecule has 0 atom stereocenters. The normalized spacial score (nSPS) is 11.2. The maximum absolute atomic E-state index is 11.1. The van der Waals surface area contributed by atoms with Crippen molar-refractivity contribution in [1.82, 2.24) is 14.4 Å². The Labute approximate surface area is 193 Å². The van der Waals surface area contributed by atoms with E-state index in [0.717, 1.165) is 33.6 Å². The number of hydrogen-bond acceptors (Lipinski definition) is 4. The van der Waals surface area contributed by atoms with E-state index in [-0.39, 0.29) is 5.88 Å². The number of methoxy groups -OCH3 is 1. The third-order valence-corrected chi connectivity index (χ3v) is 5.68. The van der Waals surface area contributed by atoms with Gasteiger partial charge in [-0.1, -0.05) is 84.9 Å². The van der Waals surface area contributed by atoms with Crippen molar-refractivity contribution in [3.05, 3.63) is 119 Å². The molecule has 0 radical (unpaired) electrons. The first-order chi connectivity index (χ1) is 16.2. The van der Waals surface area contributed by atoms with Gasteiger partial charge in [0, 0.05) is 31.7 Å². The maximum Gasteiger partial charge on any atom is 0.219 e. The highest BCUT2D eigenvalue weighted by Gasteiger charge is 2.18. The average molecular weight is 436 g/mol. The van der Waals surface area contributed by atoms with Crippen LogP contribution >= 0.6 is 0 Å². The minimum absolute atomic E-state index is 0.149. The van der Waals surface area contributed by atoms with Crippen molar-refractivity contribution < 1.29 is 9.84 Å². The zero-order chi connectivity index (χ0) is 22.6. The van der Waals surface area contributed by atoms with Crippen LogP contribution in [0.5, 0.6) is 5.88 Å². The van der Waals surface area contributed by atoms with Crippen LogP contribution in [-0.4, -0.2) is 26.6 Å². The van der Waals surface area contributed by atoms with Crippen LogP contribution in [0.3, 0.4) is 0 Å². The van der Waals surface area contributed by atoms with Crippen molar-refractivity contribution in [1.29, 1.82) is 0 Å². The summed E-state index contributed by atoms with van der Waals surface area (Å²) in [6.07, 6.45) is 3.02. The van der Waals surface area contributed by atoms with Gasteiger partial charge in [0.15, 0.2) is 5.65 Å². The van der Waals surface area contributed by atoms with Crippen LogP contribution in [0.4, 0.5) is 0 Å². The number of imidazole rings is 1. The second-order valence-corrected chi connectivity index (χ2v) is 8.11. The molecule has 0 bridgehead atoms. The van der Waals surface area contributed by atoms with Gasteiger partial charge in [0.1, 0.15) is 5.69 Å². The number of aromatic nitrogens is 3. The Morgan fingerprint density at radius 2 is 1.42 bits per heavy atom. The lowest BCUT2D eigenvalue weighted by Gasteiger charge is -2.08. The van der Waals surface area contributed by atoms with Crippen molar-refractivity contribution in [3.63, 3.8) is 0 Å². The molecule has 5 heteroatoms. The van der Waals surface area contributed by atoms with Crippen molar-refractivity contribution in [3.8, 4) is 17.1 Å². The van der Waals surface area contributed by atoms with Crippen molar-refractivity contribution in [2.24, 2.45) is 0 Å². The van der Waals surface area contributed by atoms with Gasteiger partial charge < -0.3 is 9.84 Å². The molecule has 0 spiro atoms. The van der Waals surface area contributed by atoms with Gasteiger partial charge in [-0.25, -0.2) is 9.97 Å². The summed E-state index contributed by atoms with van der Waals surface area (Å²) in [4.78, 5) is 9.79. The van der Waals surface area contributed by atoms with Crippen LogP contribution in [0.1, 0.15) is 28.1 Å². The number of nitrogens with zero attached hydrogens (tertiary/aromatic N) is 3. The lowest BCUT2D eigenvalue weighted by molar-refractivity contribution is 0.185.